The summed E-state index contributed by atoms with van der Waals surface area (Å²) in [5, 5.41) is 2.34. The second-order valence-corrected chi connectivity index (χ2v) is 15.3. The molecule has 0 radical (unpaired) electrons. The standard InChI is InChI=1S/C38H31N3.C20H19N.C2H6/c1-5-13-28(6-2)29-20-22-31(23-21-29)36-24-35(30-15-8-7-9-16-30)39-38(40-36)41-25-32-17-10-11-18-33(32)27(4)34-19-12-14-26(3)37(34)41;1-2-3-5-10-17-15-18-11-8-9-14-20(18)21(16-17)19-12-6-4-7-13-19;1-2/h5-25H,1-2H2,3-4H3;2-14H,1,15-16H2;1-2H3/b28-13+;5-3-,17-10-;. The van der Waals surface area contributed by atoms with Crippen LogP contribution in [0.4, 0.5) is 23.0 Å². The van der Waals surface area contributed by atoms with E-state index < -0.39 is 0 Å². The van der Waals surface area contributed by atoms with Gasteiger partial charge >= 0.3 is 0 Å². The molecule has 0 amide bonds. The van der Waals surface area contributed by atoms with E-state index in [1.54, 1.807) is 6.08 Å². The average Bonchev–Trinajstić information content (AvgIpc) is 3.49. The van der Waals surface area contributed by atoms with Crippen LogP contribution in [0.3, 0.4) is 0 Å². The Labute approximate surface area is 380 Å². The van der Waals surface area contributed by atoms with E-state index in [2.05, 4.69) is 201 Å². The first-order valence-electron chi connectivity index (χ1n) is 22.0. The summed E-state index contributed by atoms with van der Waals surface area (Å²) in [6.07, 6.45) is 16.8. The molecule has 0 bridgehead atoms. The van der Waals surface area contributed by atoms with Gasteiger partial charge < -0.3 is 4.90 Å². The van der Waals surface area contributed by atoms with Gasteiger partial charge in [-0.25, -0.2) is 9.97 Å². The Morgan fingerprint density at radius 1 is 0.641 bits per heavy atom. The SMILES string of the molecule is C=C/C=C(\C=C)c1ccc(-c2cc(-c3ccccc3)nc(N3C=c4ccccc4=C(C)c4cccc(C)c43)n2)cc1.C=C/C=C\C=C1\Cc2ccccc2N(c2ccccc2)C1.CC. The van der Waals surface area contributed by atoms with Crippen LogP contribution in [0.15, 0.2) is 226 Å². The first-order valence-corrected chi connectivity index (χ1v) is 22.0. The number of aryl methyl sites for hydroxylation is 1. The van der Waals surface area contributed by atoms with Gasteiger partial charge in [0.25, 0.3) is 0 Å². The number of nitrogens with zero attached hydrogens (tertiary/aromatic N) is 4. The van der Waals surface area contributed by atoms with Gasteiger partial charge in [-0.05, 0) is 88.4 Å². The largest absolute Gasteiger partial charge is 0.337 e. The molecule has 9 rings (SSSR count). The van der Waals surface area contributed by atoms with Gasteiger partial charge in [-0.1, -0.05) is 210 Å². The lowest BCUT2D eigenvalue weighted by atomic mass is 9.96. The Kier molecular flexibility index (Phi) is 14.7. The fraction of sp³-hybridized carbons (Fsp3) is 0.100. The summed E-state index contributed by atoms with van der Waals surface area (Å²) in [5.74, 6) is 0.629. The lowest BCUT2D eigenvalue weighted by Crippen LogP contribution is -2.27. The fourth-order valence-electron chi connectivity index (χ4n) is 8.16. The van der Waals surface area contributed by atoms with Crippen LogP contribution < -0.4 is 20.2 Å². The monoisotopic (exact) mass is 832 g/mol. The minimum atomic E-state index is 0.629. The zero-order valence-electron chi connectivity index (χ0n) is 37.5. The third-order valence-corrected chi connectivity index (χ3v) is 11.3. The van der Waals surface area contributed by atoms with E-state index in [1.807, 2.05) is 56.4 Å². The number of fused-ring (bicyclic) bond motifs is 3. The zero-order valence-corrected chi connectivity index (χ0v) is 37.5. The van der Waals surface area contributed by atoms with Crippen LogP contribution in [0.2, 0.25) is 0 Å². The highest BCUT2D eigenvalue weighted by Gasteiger charge is 2.23. The van der Waals surface area contributed by atoms with Crippen LogP contribution in [-0.4, -0.2) is 16.5 Å². The Bertz CT molecular complexity index is 2970. The van der Waals surface area contributed by atoms with E-state index in [0.29, 0.717) is 5.95 Å². The highest BCUT2D eigenvalue weighted by Crippen LogP contribution is 2.38. The van der Waals surface area contributed by atoms with Crippen LogP contribution in [0.25, 0.3) is 39.9 Å². The Morgan fingerprint density at radius 3 is 2.00 bits per heavy atom. The van der Waals surface area contributed by atoms with Gasteiger partial charge in [0.2, 0.25) is 5.95 Å². The molecule has 0 spiro atoms. The van der Waals surface area contributed by atoms with Crippen LogP contribution in [-0.2, 0) is 6.42 Å². The normalized spacial score (nSPS) is 13.5. The van der Waals surface area contributed by atoms with Crippen LogP contribution in [0.1, 0.15) is 43.0 Å². The number of rotatable bonds is 9. The van der Waals surface area contributed by atoms with Gasteiger partial charge in [-0.3, -0.25) is 4.90 Å². The van der Waals surface area contributed by atoms with Crippen molar-refractivity contribution in [3.8, 4) is 22.5 Å². The van der Waals surface area contributed by atoms with Crippen molar-refractivity contribution in [2.24, 2.45) is 0 Å². The van der Waals surface area contributed by atoms with Crippen molar-refractivity contribution in [3.05, 3.63) is 258 Å². The molecule has 6 aromatic carbocycles. The van der Waals surface area contributed by atoms with Gasteiger partial charge in [-0.2, -0.15) is 0 Å². The first-order chi connectivity index (χ1) is 31.4. The van der Waals surface area contributed by atoms with E-state index in [0.717, 1.165) is 63.1 Å². The molecule has 3 heterocycles. The molecule has 2 aliphatic heterocycles. The maximum absolute atomic E-state index is 5.19. The molecule has 0 unspecified atom stereocenters. The number of hydrogen-bond acceptors (Lipinski definition) is 4. The van der Waals surface area contributed by atoms with E-state index in [9.17, 15) is 0 Å². The van der Waals surface area contributed by atoms with Crippen molar-refractivity contribution in [3.63, 3.8) is 0 Å². The van der Waals surface area contributed by atoms with Crippen molar-refractivity contribution in [2.45, 2.75) is 34.1 Å². The molecule has 0 atom stereocenters. The van der Waals surface area contributed by atoms with Crippen LogP contribution in [0, 0.1) is 6.92 Å². The van der Waals surface area contributed by atoms with E-state index in [4.69, 9.17) is 9.97 Å². The predicted molar refractivity (Wildman–Crippen MR) is 275 cm³/mol. The Morgan fingerprint density at radius 2 is 1.30 bits per heavy atom. The first kappa shape index (κ1) is 44.2. The summed E-state index contributed by atoms with van der Waals surface area (Å²) < 4.78 is 0. The number of anilines is 4. The molecular formula is C60H56N4. The summed E-state index contributed by atoms with van der Waals surface area (Å²) in [4.78, 5) is 14.9. The highest BCUT2D eigenvalue weighted by atomic mass is 15.2. The molecular weight excluding hydrogens is 777 g/mol. The van der Waals surface area contributed by atoms with Gasteiger partial charge in [0.1, 0.15) is 0 Å². The van der Waals surface area contributed by atoms with Gasteiger partial charge in [0, 0.05) is 40.8 Å². The maximum Gasteiger partial charge on any atom is 0.235 e. The fourth-order valence-corrected chi connectivity index (χ4v) is 8.16. The molecule has 1 aromatic heterocycles. The number of benzene rings is 6. The molecule has 64 heavy (non-hydrogen) atoms. The summed E-state index contributed by atoms with van der Waals surface area (Å²) in [5.41, 5.74) is 15.9. The molecule has 316 valence electrons. The maximum atomic E-state index is 5.19. The minimum Gasteiger partial charge on any atom is -0.337 e. The van der Waals surface area contributed by atoms with Crippen molar-refractivity contribution in [1.29, 1.82) is 0 Å². The lowest BCUT2D eigenvalue weighted by molar-refractivity contribution is 0.925. The summed E-state index contributed by atoms with van der Waals surface area (Å²) >= 11 is 0. The molecule has 0 saturated carbocycles. The van der Waals surface area contributed by atoms with Crippen molar-refractivity contribution in [1.82, 2.24) is 9.97 Å². The number of aromatic nitrogens is 2. The third kappa shape index (κ3) is 9.94. The lowest BCUT2D eigenvalue weighted by Gasteiger charge is -2.33. The van der Waals surface area contributed by atoms with Crippen molar-refractivity contribution < 1.29 is 0 Å². The Hall–Kier alpha value is -7.82. The van der Waals surface area contributed by atoms with E-state index in [-0.39, 0.29) is 0 Å². The zero-order chi connectivity index (χ0) is 44.8. The molecule has 4 nitrogen and oxygen atoms in total. The molecule has 0 saturated heterocycles. The van der Waals surface area contributed by atoms with Crippen LogP contribution >= 0.6 is 0 Å². The molecule has 0 fully saturated rings. The average molecular weight is 833 g/mol. The van der Waals surface area contributed by atoms with Crippen LogP contribution in [0.5, 0.6) is 0 Å². The Balaban J connectivity index is 0.000000223. The number of hydrogen-bond donors (Lipinski definition) is 0. The smallest absolute Gasteiger partial charge is 0.235 e. The third-order valence-electron chi connectivity index (χ3n) is 11.3. The molecule has 2 aliphatic rings. The van der Waals surface area contributed by atoms with E-state index in [1.165, 1.54) is 38.9 Å². The second-order valence-electron chi connectivity index (χ2n) is 15.3. The summed E-state index contributed by atoms with van der Waals surface area (Å²) in [6, 6.07) is 55.0. The topological polar surface area (TPSA) is 32.3 Å². The number of para-hydroxylation sites is 3. The summed E-state index contributed by atoms with van der Waals surface area (Å²) in [7, 11) is 0. The molecule has 4 heteroatoms. The highest BCUT2D eigenvalue weighted by molar-refractivity contribution is 5.87. The van der Waals surface area contributed by atoms with Crippen molar-refractivity contribution in [2.75, 3.05) is 16.3 Å². The van der Waals surface area contributed by atoms with Gasteiger partial charge in [-0.15, -0.1) is 0 Å². The van der Waals surface area contributed by atoms with E-state index >= 15 is 0 Å². The summed E-state index contributed by atoms with van der Waals surface area (Å²) in [6.45, 7) is 20.8. The quantitative estimate of drug-likeness (QED) is 0.136. The second kappa shape index (κ2) is 21.3. The molecule has 0 aliphatic carbocycles. The molecule has 7 aromatic rings. The van der Waals surface area contributed by atoms with Gasteiger partial charge in [0.15, 0.2) is 0 Å². The minimum absolute atomic E-state index is 0.629. The van der Waals surface area contributed by atoms with Gasteiger partial charge in [0.05, 0.1) is 17.1 Å². The number of allylic oxidation sites excluding steroid dienone is 8. The molecule has 0 N–H and O–H groups in total. The van der Waals surface area contributed by atoms with Crippen molar-refractivity contribution >= 4 is 40.4 Å². The predicted octanol–water partition coefficient (Wildman–Crippen LogP) is 14.1.